The Morgan fingerprint density at radius 1 is 0.667 bits per heavy atom. The minimum absolute atomic E-state index is 0.432. The van der Waals surface area contributed by atoms with Gasteiger partial charge in [0, 0.05) is 0 Å². The lowest BCUT2D eigenvalue weighted by atomic mass is 10.1. The van der Waals surface area contributed by atoms with Gasteiger partial charge < -0.3 is 0 Å². The summed E-state index contributed by atoms with van der Waals surface area (Å²) in [6, 6.07) is 0. The van der Waals surface area contributed by atoms with E-state index < -0.39 is 43.9 Å². The highest BCUT2D eigenvalue weighted by atomic mass is 32.2. The maximum atomic E-state index is 11.9. The number of hydrogen-bond acceptors (Lipinski definition) is 6. The molecule has 0 saturated heterocycles. The summed E-state index contributed by atoms with van der Waals surface area (Å²) in [6.45, 7) is 7.51. The molecule has 2 atom stereocenters. The van der Waals surface area contributed by atoms with Crippen molar-refractivity contribution in [2.45, 2.75) is 91.3 Å². The highest BCUT2D eigenvalue weighted by molar-refractivity contribution is 7.90. The van der Waals surface area contributed by atoms with Crippen molar-refractivity contribution < 1.29 is 25.2 Å². The fraction of sp³-hybridized carbons (Fsp3) is 1.00. The molecule has 0 aromatic rings. The van der Waals surface area contributed by atoms with Crippen LogP contribution >= 0.6 is 0 Å². The van der Waals surface area contributed by atoms with E-state index in [2.05, 4.69) is 13.8 Å². The summed E-state index contributed by atoms with van der Waals surface area (Å²) < 4.78 is 57.5. The first-order chi connectivity index (χ1) is 11.1. The lowest BCUT2D eigenvalue weighted by Gasteiger charge is -2.14. The fourth-order valence-electron chi connectivity index (χ4n) is 2.26. The fourth-order valence-corrected chi connectivity index (χ4v) is 5.28. The minimum Gasteiger partial charge on any atom is -0.267 e. The first-order valence-corrected chi connectivity index (χ1v) is 12.1. The molecule has 0 aliphatic heterocycles. The Bertz CT molecular complexity index is 465. The van der Waals surface area contributed by atoms with Crippen LogP contribution in [0.25, 0.3) is 0 Å². The second kappa shape index (κ2) is 12.2. The van der Waals surface area contributed by atoms with E-state index in [0.717, 1.165) is 38.5 Å². The Balaban J connectivity index is 4.27. The highest BCUT2D eigenvalue weighted by Crippen LogP contribution is 2.12. The van der Waals surface area contributed by atoms with Crippen LogP contribution in [-0.4, -0.2) is 40.5 Å². The van der Waals surface area contributed by atoms with Gasteiger partial charge in [-0.2, -0.15) is 16.8 Å². The molecule has 0 N–H and O–H groups in total. The molecule has 146 valence electrons. The zero-order valence-corrected chi connectivity index (χ0v) is 17.1. The molecule has 0 aliphatic rings. The minimum atomic E-state index is -3.87. The Kier molecular flexibility index (Phi) is 12.1. The zero-order chi connectivity index (χ0) is 18.6. The first kappa shape index (κ1) is 23.8. The monoisotopic (exact) mass is 386 g/mol. The van der Waals surface area contributed by atoms with E-state index in [1.807, 2.05) is 0 Å². The molecule has 0 fully saturated rings. The van der Waals surface area contributed by atoms with Crippen molar-refractivity contribution in [2.24, 2.45) is 0 Å². The van der Waals surface area contributed by atoms with Gasteiger partial charge in [-0.25, -0.2) is 0 Å². The molecule has 0 aromatic carbocycles. The van der Waals surface area contributed by atoms with Gasteiger partial charge in [-0.05, 0) is 26.7 Å². The van der Waals surface area contributed by atoms with E-state index in [9.17, 15) is 16.8 Å². The quantitative estimate of drug-likeness (QED) is 0.315. The molecule has 0 aliphatic carbocycles. The molecular weight excluding hydrogens is 352 g/mol. The number of rotatable bonds is 15. The van der Waals surface area contributed by atoms with Crippen LogP contribution in [0.2, 0.25) is 0 Å². The SMILES string of the molecule is CCCCCC(C)OS(=O)(=O)CCS(=O)(=O)OC(C)CCCCC. The van der Waals surface area contributed by atoms with E-state index in [-0.39, 0.29) is 0 Å². The summed E-state index contributed by atoms with van der Waals surface area (Å²) >= 11 is 0. The Hall–Kier alpha value is -0.180. The van der Waals surface area contributed by atoms with Crippen LogP contribution in [0.15, 0.2) is 0 Å². The molecule has 0 aromatic heterocycles. The predicted molar refractivity (Wildman–Crippen MR) is 97.0 cm³/mol. The molecule has 0 heterocycles. The maximum Gasteiger partial charge on any atom is 0.268 e. The van der Waals surface area contributed by atoms with Crippen LogP contribution in [0, 0.1) is 0 Å². The average Bonchev–Trinajstić information content (AvgIpc) is 2.45. The third-order valence-corrected chi connectivity index (χ3v) is 6.54. The summed E-state index contributed by atoms with van der Waals surface area (Å²) in [5.74, 6) is -1.15. The molecule has 0 bridgehead atoms. The second-order valence-corrected chi connectivity index (χ2v) is 9.76. The largest absolute Gasteiger partial charge is 0.268 e. The smallest absolute Gasteiger partial charge is 0.267 e. The molecular formula is C16H34O6S2. The summed E-state index contributed by atoms with van der Waals surface area (Å²) in [5, 5.41) is 0. The average molecular weight is 387 g/mol. The van der Waals surface area contributed by atoms with Crippen molar-refractivity contribution in [1.29, 1.82) is 0 Å². The van der Waals surface area contributed by atoms with Gasteiger partial charge in [0.2, 0.25) is 0 Å². The van der Waals surface area contributed by atoms with Gasteiger partial charge >= 0.3 is 0 Å². The Morgan fingerprint density at radius 3 is 1.29 bits per heavy atom. The van der Waals surface area contributed by atoms with Gasteiger partial charge in [-0.3, -0.25) is 8.37 Å². The molecule has 6 nitrogen and oxygen atoms in total. The van der Waals surface area contributed by atoms with Crippen molar-refractivity contribution >= 4 is 20.2 Å². The van der Waals surface area contributed by atoms with Gasteiger partial charge in [0.1, 0.15) is 0 Å². The van der Waals surface area contributed by atoms with Crippen molar-refractivity contribution in [3.63, 3.8) is 0 Å². The molecule has 0 radical (unpaired) electrons. The van der Waals surface area contributed by atoms with E-state index in [1.165, 1.54) is 0 Å². The first-order valence-electron chi connectivity index (χ1n) is 8.93. The molecule has 2 unspecified atom stereocenters. The maximum absolute atomic E-state index is 11.9. The van der Waals surface area contributed by atoms with Crippen LogP contribution in [0.3, 0.4) is 0 Å². The lowest BCUT2D eigenvalue weighted by Crippen LogP contribution is -2.25. The van der Waals surface area contributed by atoms with Crippen LogP contribution < -0.4 is 0 Å². The third-order valence-electron chi connectivity index (χ3n) is 3.63. The molecule has 0 amide bonds. The third kappa shape index (κ3) is 13.1. The highest BCUT2D eigenvalue weighted by Gasteiger charge is 2.23. The van der Waals surface area contributed by atoms with E-state index in [4.69, 9.17) is 8.37 Å². The van der Waals surface area contributed by atoms with Crippen molar-refractivity contribution in [3.8, 4) is 0 Å². The van der Waals surface area contributed by atoms with Crippen LogP contribution in [-0.2, 0) is 28.6 Å². The van der Waals surface area contributed by atoms with Gasteiger partial charge in [0.25, 0.3) is 20.2 Å². The predicted octanol–water partition coefficient (Wildman–Crippen LogP) is 3.62. The van der Waals surface area contributed by atoms with Crippen molar-refractivity contribution in [3.05, 3.63) is 0 Å². The summed E-state index contributed by atoms with van der Waals surface area (Å²) in [7, 11) is -7.73. The molecule has 8 heteroatoms. The summed E-state index contributed by atoms with van der Waals surface area (Å²) in [4.78, 5) is 0. The van der Waals surface area contributed by atoms with Gasteiger partial charge in [0.05, 0.1) is 23.7 Å². The molecule has 24 heavy (non-hydrogen) atoms. The van der Waals surface area contributed by atoms with E-state index in [0.29, 0.717) is 12.8 Å². The number of unbranched alkanes of at least 4 members (excludes halogenated alkanes) is 4. The standard InChI is InChI=1S/C16H34O6S2/c1-5-7-9-11-15(3)21-23(17,18)13-14-24(19,20)22-16(4)12-10-8-6-2/h15-16H,5-14H2,1-4H3. The van der Waals surface area contributed by atoms with Crippen LogP contribution in [0.5, 0.6) is 0 Å². The normalized spacial score (nSPS) is 15.3. The molecule has 0 saturated carbocycles. The Morgan fingerprint density at radius 2 is 1.00 bits per heavy atom. The van der Waals surface area contributed by atoms with Gasteiger partial charge in [-0.15, -0.1) is 0 Å². The number of hydrogen-bond donors (Lipinski definition) is 0. The van der Waals surface area contributed by atoms with Crippen LogP contribution in [0.4, 0.5) is 0 Å². The van der Waals surface area contributed by atoms with Crippen molar-refractivity contribution in [1.82, 2.24) is 0 Å². The zero-order valence-electron chi connectivity index (χ0n) is 15.5. The molecule has 0 rings (SSSR count). The summed E-state index contributed by atoms with van der Waals surface area (Å²) in [6.07, 6.45) is 6.34. The van der Waals surface area contributed by atoms with Gasteiger partial charge in [-0.1, -0.05) is 52.4 Å². The second-order valence-electron chi connectivity index (χ2n) is 6.33. The lowest BCUT2D eigenvalue weighted by molar-refractivity contribution is 0.210. The Labute approximate surface area is 148 Å². The molecule has 0 spiro atoms. The topological polar surface area (TPSA) is 86.7 Å². The van der Waals surface area contributed by atoms with Crippen molar-refractivity contribution in [2.75, 3.05) is 11.5 Å². The summed E-state index contributed by atoms with van der Waals surface area (Å²) in [5.41, 5.74) is 0. The van der Waals surface area contributed by atoms with E-state index in [1.54, 1.807) is 13.8 Å². The van der Waals surface area contributed by atoms with E-state index >= 15 is 0 Å². The van der Waals surface area contributed by atoms with Gasteiger partial charge in [0.15, 0.2) is 0 Å². The van der Waals surface area contributed by atoms with Crippen LogP contribution in [0.1, 0.15) is 79.1 Å².